The molecule has 4 nitrogen and oxygen atoms in total. The van der Waals surface area contributed by atoms with Crippen LogP contribution in [0.1, 0.15) is 34.1 Å². The van der Waals surface area contributed by atoms with Gasteiger partial charge in [-0.3, -0.25) is 5.32 Å². The molecule has 0 aromatic rings. The van der Waals surface area contributed by atoms with E-state index in [-0.39, 0.29) is 0 Å². The average molecular weight is 235 g/mol. The van der Waals surface area contributed by atoms with Gasteiger partial charge in [0.1, 0.15) is 6.23 Å². The second-order valence-corrected chi connectivity index (χ2v) is 5.52. The van der Waals surface area contributed by atoms with Crippen LogP contribution in [-0.4, -0.2) is 39.9 Å². The van der Waals surface area contributed by atoms with Crippen molar-refractivity contribution in [3.8, 4) is 0 Å². The molecule has 0 spiro atoms. The lowest BCUT2D eigenvalue weighted by Gasteiger charge is -2.23. The van der Waals surface area contributed by atoms with Crippen molar-refractivity contribution >= 4 is 9.28 Å². The van der Waals surface area contributed by atoms with E-state index in [9.17, 15) is 5.11 Å². The smallest absolute Gasteiger partial charge is 0.322 e. The maximum absolute atomic E-state index is 9.25. The lowest BCUT2D eigenvalue weighted by Crippen LogP contribution is -2.40. The highest BCUT2D eigenvalue weighted by molar-refractivity contribution is 6.44. The molecular formula is C10H25NO3Si. The van der Waals surface area contributed by atoms with Crippen LogP contribution >= 0.6 is 0 Å². The van der Waals surface area contributed by atoms with Crippen LogP contribution in [0.15, 0.2) is 0 Å². The van der Waals surface area contributed by atoms with Crippen LogP contribution in [0.4, 0.5) is 0 Å². The molecule has 2 atom stereocenters. The molecule has 0 aliphatic heterocycles. The molecule has 0 amide bonds. The van der Waals surface area contributed by atoms with Gasteiger partial charge >= 0.3 is 9.28 Å². The predicted octanol–water partition coefficient (Wildman–Crippen LogP) is 0.986. The van der Waals surface area contributed by atoms with Crippen LogP contribution in [0, 0.1) is 0 Å². The largest absolute Gasteiger partial charge is 0.397 e. The Morgan fingerprint density at radius 1 is 1.20 bits per heavy atom. The van der Waals surface area contributed by atoms with E-state index in [4.69, 9.17) is 8.85 Å². The Bertz CT molecular complexity index is 141. The van der Waals surface area contributed by atoms with Crippen molar-refractivity contribution in [3.63, 3.8) is 0 Å². The minimum Gasteiger partial charge on any atom is -0.397 e. The highest BCUT2D eigenvalue weighted by Gasteiger charge is 2.19. The van der Waals surface area contributed by atoms with Crippen LogP contribution in [-0.2, 0) is 8.85 Å². The Morgan fingerprint density at radius 2 is 1.73 bits per heavy atom. The first-order chi connectivity index (χ1) is 7.13. The maximum atomic E-state index is 9.25. The minimum absolute atomic E-state index is 0.291. The summed E-state index contributed by atoms with van der Waals surface area (Å²) in [6.07, 6.45) is 0.516. The second-order valence-electron chi connectivity index (χ2n) is 3.52. The highest BCUT2D eigenvalue weighted by atomic mass is 28.3. The molecule has 0 fully saturated rings. The fourth-order valence-electron chi connectivity index (χ4n) is 1.48. The Hall–Kier alpha value is 0.0569. The molecule has 0 aromatic carbocycles. The molecule has 0 bridgehead atoms. The molecule has 0 saturated heterocycles. The van der Waals surface area contributed by atoms with Crippen molar-refractivity contribution in [2.24, 2.45) is 0 Å². The van der Waals surface area contributed by atoms with E-state index in [2.05, 4.69) is 12.2 Å². The topological polar surface area (TPSA) is 50.7 Å². The van der Waals surface area contributed by atoms with E-state index in [1.54, 1.807) is 6.92 Å². The van der Waals surface area contributed by atoms with Crippen LogP contribution in [0.25, 0.3) is 0 Å². The third-order valence-corrected chi connectivity index (χ3v) is 4.52. The highest BCUT2D eigenvalue weighted by Crippen LogP contribution is 2.06. The quantitative estimate of drug-likeness (QED) is 0.462. The van der Waals surface area contributed by atoms with Crippen LogP contribution in [0.5, 0.6) is 0 Å². The fourth-order valence-corrected chi connectivity index (χ4v) is 3.53. The van der Waals surface area contributed by atoms with Crippen molar-refractivity contribution in [3.05, 3.63) is 0 Å². The monoisotopic (exact) mass is 235 g/mol. The van der Waals surface area contributed by atoms with Crippen molar-refractivity contribution in [2.45, 2.75) is 52.4 Å². The molecule has 0 aliphatic rings. The molecule has 0 heterocycles. The van der Waals surface area contributed by atoms with Gasteiger partial charge in [-0.05, 0) is 27.2 Å². The Morgan fingerprint density at radius 3 is 2.07 bits per heavy atom. The Balaban J connectivity index is 3.96. The molecule has 0 aliphatic carbocycles. The Kier molecular flexibility index (Phi) is 9.33. The predicted molar refractivity (Wildman–Crippen MR) is 64.1 cm³/mol. The van der Waals surface area contributed by atoms with Crippen LogP contribution < -0.4 is 5.32 Å². The van der Waals surface area contributed by atoms with Crippen molar-refractivity contribution in [1.29, 1.82) is 0 Å². The van der Waals surface area contributed by atoms with Gasteiger partial charge in [0, 0.05) is 25.3 Å². The summed E-state index contributed by atoms with van der Waals surface area (Å²) in [6, 6.07) is 1.20. The first-order valence-corrected chi connectivity index (χ1v) is 7.57. The van der Waals surface area contributed by atoms with Crippen molar-refractivity contribution in [1.82, 2.24) is 5.32 Å². The van der Waals surface area contributed by atoms with Gasteiger partial charge in [-0.25, -0.2) is 0 Å². The third-order valence-electron chi connectivity index (χ3n) is 2.15. The van der Waals surface area contributed by atoms with Crippen molar-refractivity contribution < 1.29 is 14.0 Å². The molecule has 92 valence electrons. The zero-order valence-corrected chi connectivity index (χ0v) is 11.5. The third kappa shape index (κ3) is 7.93. The number of hydrogen-bond acceptors (Lipinski definition) is 4. The first-order valence-electron chi connectivity index (χ1n) is 5.81. The SMILES string of the molecule is CCO[SiH](CC(CC)NC(C)O)OCC. The number of aliphatic hydroxyl groups is 1. The zero-order chi connectivity index (χ0) is 11.7. The summed E-state index contributed by atoms with van der Waals surface area (Å²) in [5.41, 5.74) is 0. The second kappa shape index (κ2) is 9.29. The van der Waals surface area contributed by atoms with Crippen molar-refractivity contribution in [2.75, 3.05) is 13.2 Å². The lowest BCUT2D eigenvalue weighted by molar-refractivity contribution is 0.138. The number of aliphatic hydroxyl groups excluding tert-OH is 1. The molecule has 15 heavy (non-hydrogen) atoms. The van der Waals surface area contributed by atoms with E-state index in [1.807, 2.05) is 13.8 Å². The number of nitrogens with one attached hydrogen (secondary N) is 1. The molecular weight excluding hydrogens is 210 g/mol. The summed E-state index contributed by atoms with van der Waals surface area (Å²) >= 11 is 0. The average Bonchev–Trinajstić information content (AvgIpc) is 2.16. The first kappa shape index (κ1) is 15.1. The molecule has 2 unspecified atom stereocenters. The molecule has 0 aromatic heterocycles. The molecule has 0 rings (SSSR count). The normalized spacial score (nSPS) is 15.6. The minimum atomic E-state index is -1.54. The van der Waals surface area contributed by atoms with Gasteiger partial charge in [0.05, 0.1) is 0 Å². The van der Waals surface area contributed by atoms with Crippen LogP contribution in [0.3, 0.4) is 0 Å². The molecule has 5 heteroatoms. The maximum Gasteiger partial charge on any atom is 0.322 e. The summed E-state index contributed by atoms with van der Waals surface area (Å²) < 4.78 is 11.2. The summed E-state index contributed by atoms with van der Waals surface area (Å²) in [6.45, 7) is 9.23. The van der Waals surface area contributed by atoms with Crippen LogP contribution in [0.2, 0.25) is 6.04 Å². The van der Waals surface area contributed by atoms with E-state index in [0.717, 1.165) is 12.5 Å². The molecule has 0 radical (unpaired) electrons. The molecule has 2 N–H and O–H groups in total. The van der Waals surface area contributed by atoms with Gasteiger partial charge in [-0.2, -0.15) is 0 Å². The summed E-state index contributed by atoms with van der Waals surface area (Å²) in [7, 11) is -1.54. The van der Waals surface area contributed by atoms with E-state index < -0.39 is 15.5 Å². The molecule has 0 saturated carbocycles. The van der Waals surface area contributed by atoms with Gasteiger partial charge in [-0.1, -0.05) is 6.92 Å². The van der Waals surface area contributed by atoms with Gasteiger partial charge in [0.25, 0.3) is 0 Å². The van der Waals surface area contributed by atoms with Gasteiger partial charge in [0.2, 0.25) is 0 Å². The van der Waals surface area contributed by atoms with E-state index in [0.29, 0.717) is 19.3 Å². The van der Waals surface area contributed by atoms with Gasteiger partial charge in [-0.15, -0.1) is 0 Å². The van der Waals surface area contributed by atoms with Gasteiger partial charge < -0.3 is 14.0 Å². The van der Waals surface area contributed by atoms with E-state index in [1.165, 1.54) is 0 Å². The summed E-state index contributed by atoms with van der Waals surface area (Å²) in [5, 5.41) is 12.4. The lowest BCUT2D eigenvalue weighted by atomic mass is 10.2. The van der Waals surface area contributed by atoms with E-state index >= 15 is 0 Å². The Labute approximate surface area is 94.8 Å². The zero-order valence-electron chi connectivity index (χ0n) is 10.3. The standard InChI is InChI=1S/C10H25NO3Si/c1-5-10(11-9(4)12)8-15(13-6-2)14-7-3/h9-12,15H,5-8H2,1-4H3. The number of hydrogen-bond donors (Lipinski definition) is 2. The summed E-state index contributed by atoms with van der Waals surface area (Å²) in [5.74, 6) is 0. The number of rotatable bonds is 9. The fraction of sp³-hybridized carbons (Fsp3) is 1.00. The summed E-state index contributed by atoms with van der Waals surface area (Å²) in [4.78, 5) is 0. The van der Waals surface area contributed by atoms with Gasteiger partial charge in [0.15, 0.2) is 0 Å².